The number of H-pyrrole nitrogens is 1. The Labute approximate surface area is 151 Å². The highest BCUT2D eigenvalue weighted by atomic mass is 16.2. The zero-order valence-electron chi connectivity index (χ0n) is 14.6. The second-order valence-electron chi connectivity index (χ2n) is 6.59. The quantitative estimate of drug-likeness (QED) is 0.773. The SMILES string of the molecule is Cc1cccc(C(=O)N2CCN(C(=O)c3ccc4nc[nH]c4c3)CC2)c1. The number of imidazole rings is 1. The zero-order chi connectivity index (χ0) is 18.1. The largest absolute Gasteiger partial charge is 0.345 e. The lowest BCUT2D eigenvalue weighted by Gasteiger charge is -2.35. The standard InChI is InChI=1S/C20H20N4O2/c1-14-3-2-4-15(11-14)19(25)23-7-9-24(10-8-23)20(26)16-5-6-17-18(12-16)22-13-21-17/h2-6,11-13H,7-10H2,1H3,(H,21,22). The summed E-state index contributed by atoms with van der Waals surface area (Å²) in [5.41, 5.74) is 4.10. The Balaban J connectivity index is 1.42. The number of aryl methyl sites for hydroxylation is 1. The van der Waals surface area contributed by atoms with Crippen LogP contribution in [0, 0.1) is 6.92 Å². The van der Waals surface area contributed by atoms with Gasteiger partial charge in [0, 0.05) is 37.3 Å². The Morgan fingerprint density at radius 1 is 0.923 bits per heavy atom. The predicted octanol–water partition coefficient (Wildman–Crippen LogP) is 2.47. The predicted molar refractivity (Wildman–Crippen MR) is 99.1 cm³/mol. The first-order valence-corrected chi connectivity index (χ1v) is 8.70. The normalized spacial score (nSPS) is 14.7. The highest BCUT2D eigenvalue weighted by Gasteiger charge is 2.25. The van der Waals surface area contributed by atoms with Gasteiger partial charge in [-0.1, -0.05) is 17.7 Å². The molecule has 0 radical (unpaired) electrons. The number of amides is 2. The molecule has 2 amide bonds. The second-order valence-corrected chi connectivity index (χ2v) is 6.59. The fourth-order valence-electron chi connectivity index (χ4n) is 3.32. The monoisotopic (exact) mass is 348 g/mol. The molecule has 1 aliphatic rings. The van der Waals surface area contributed by atoms with Gasteiger partial charge in [0.05, 0.1) is 17.4 Å². The molecule has 1 aromatic heterocycles. The van der Waals surface area contributed by atoms with Gasteiger partial charge in [0.15, 0.2) is 0 Å². The van der Waals surface area contributed by atoms with Gasteiger partial charge < -0.3 is 14.8 Å². The Morgan fingerprint density at radius 3 is 2.23 bits per heavy atom. The van der Waals surface area contributed by atoms with Crippen molar-refractivity contribution in [2.45, 2.75) is 6.92 Å². The molecule has 0 atom stereocenters. The summed E-state index contributed by atoms with van der Waals surface area (Å²) in [5, 5.41) is 0. The maximum absolute atomic E-state index is 12.7. The number of fused-ring (bicyclic) bond motifs is 1. The first kappa shape index (κ1) is 16.3. The van der Waals surface area contributed by atoms with E-state index in [-0.39, 0.29) is 11.8 Å². The molecule has 6 nitrogen and oxygen atoms in total. The summed E-state index contributed by atoms with van der Waals surface area (Å²) in [6, 6.07) is 13.1. The van der Waals surface area contributed by atoms with Crippen LogP contribution in [0.2, 0.25) is 0 Å². The van der Waals surface area contributed by atoms with Crippen LogP contribution in [0.15, 0.2) is 48.8 Å². The number of carbonyl (C=O) groups excluding carboxylic acids is 2. The van der Waals surface area contributed by atoms with E-state index in [0.717, 1.165) is 16.6 Å². The van der Waals surface area contributed by atoms with Crippen molar-refractivity contribution in [2.75, 3.05) is 26.2 Å². The van der Waals surface area contributed by atoms with E-state index in [1.165, 1.54) is 0 Å². The van der Waals surface area contributed by atoms with Gasteiger partial charge in [-0.25, -0.2) is 4.98 Å². The highest BCUT2D eigenvalue weighted by Crippen LogP contribution is 2.16. The number of hydrogen-bond donors (Lipinski definition) is 1. The summed E-state index contributed by atoms with van der Waals surface area (Å²) >= 11 is 0. The Kier molecular flexibility index (Phi) is 4.16. The van der Waals surface area contributed by atoms with E-state index in [9.17, 15) is 9.59 Å². The van der Waals surface area contributed by atoms with E-state index in [2.05, 4.69) is 9.97 Å². The Bertz CT molecular complexity index is 971. The summed E-state index contributed by atoms with van der Waals surface area (Å²) in [6.45, 7) is 4.15. The summed E-state index contributed by atoms with van der Waals surface area (Å²) in [5.74, 6) is 0.0174. The van der Waals surface area contributed by atoms with Crippen LogP contribution in [0.3, 0.4) is 0 Å². The molecule has 2 aromatic carbocycles. The number of hydrogen-bond acceptors (Lipinski definition) is 3. The molecule has 3 aromatic rings. The van der Waals surface area contributed by atoms with Crippen LogP contribution in [0.4, 0.5) is 0 Å². The van der Waals surface area contributed by atoms with E-state index in [4.69, 9.17) is 0 Å². The van der Waals surface area contributed by atoms with Crippen molar-refractivity contribution in [1.29, 1.82) is 0 Å². The van der Waals surface area contributed by atoms with Gasteiger partial charge in [0.2, 0.25) is 0 Å². The molecule has 6 heteroatoms. The van der Waals surface area contributed by atoms with Crippen LogP contribution in [-0.2, 0) is 0 Å². The topological polar surface area (TPSA) is 69.3 Å². The first-order chi connectivity index (χ1) is 12.6. The minimum atomic E-state index is -0.0100. The van der Waals surface area contributed by atoms with Crippen molar-refractivity contribution in [3.05, 3.63) is 65.5 Å². The number of carbonyl (C=O) groups is 2. The van der Waals surface area contributed by atoms with E-state index < -0.39 is 0 Å². The molecule has 0 spiro atoms. The number of aromatic amines is 1. The van der Waals surface area contributed by atoms with Crippen LogP contribution in [0.5, 0.6) is 0 Å². The van der Waals surface area contributed by atoms with Gasteiger partial charge in [0.25, 0.3) is 11.8 Å². The maximum Gasteiger partial charge on any atom is 0.254 e. The third kappa shape index (κ3) is 3.06. The van der Waals surface area contributed by atoms with E-state index in [1.807, 2.05) is 48.2 Å². The molecule has 4 rings (SSSR count). The minimum absolute atomic E-state index is 0.0100. The smallest absolute Gasteiger partial charge is 0.254 e. The number of nitrogens with zero attached hydrogens (tertiary/aromatic N) is 3. The molecule has 0 unspecified atom stereocenters. The van der Waals surface area contributed by atoms with Gasteiger partial charge >= 0.3 is 0 Å². The van der Waals surface area contributed by atoms with Crippen LogP contribution in [0.25, 0.3) is 11.0 Å². The lowest BCUT2D eigenvalue weighted by atomic mass is 10.1. The van der Waals surface area contributed by atoms with Gasteiger partial charge in [-0.05, 0) is 37.3 Å². The Hall–Kier alpha value is -3.15. The average molecular weight is 348 g/mol. The third-order valence-corrected chi connectivity index (χ3v) is 4.79. The van der Waals surface area contributed by atoms with Gasteiger partial charge in [0.1, 0.15) is 0 Å². The van der Waals surface area contributed by atoms with E-state index in [1.54, 1.807) is 17.3 Å². The third-order valence-electron chi connectivity index (χ3n) is 4.79. The molecule has 1 saturated heterocycles. The average Bonchev–Trinajstić information content (AvgIpc) is 3.15. The maximum atomic E-state index is 12.7. The molecule has 1 N–H and O–H groups in total. The lowest BCUT2D eigenvalue weighted by Crippen LogP contribution is -2.50. The molecule has 132 valence electrons. The van der Waals surface area contributed by atoms with Crippen molar-refractivity contribution in [3.8, 4) is 0 Å². The summed E-state index contributed by atoms with van der Waals surface area (Å²) < 4.78 is 0. The van der Waals surface area contributed by atoms with Gasteiger partial charge in [-0.2, -0.15) is 0 Å². The molecule has 0 saturated carbocycles. The fraction of sp³-hybridized carbons (Fsp3) is 0.250. The molecule has 2 heterocycles. The molecule has 0 aliphatic carbocycles. The zero-order valence-corrected chi connectivity index (χ0v) is 14.6. The summed E-state index contributed by atoms with van der Waals surface area (Å²) in [6.07, 6.45) is 1.62. The number of benzene rings is 2. The van der Waals surface area contributed by atoms with Crippen molar-refractivity contribution >= 4 is 22.8 Å². The molecule has 1 aliphatic heterocycles. The molecular formula is C20H20N4O2. The number of aromatic nitrogens is 2. The van der Waals surface area contributed by atoms with Crippen molar-refractivity contribution < 1.29 is 9.59 Å². The molecular weight excluding hydrogens is 328 g/mol. The van der Waals surface area contributed by atoms with Crippen molar-refractivity contribution in [1.82, 2.24) is 19.8 Å². The Morgan fingerprint density at radius 2 is 1.58 bits per heavy atom. The van der Waals surface area contributed by atoms with Gasteiger partial charge in [-0.3, -0.25) is 9.59 Å². The fourth-order valence-corrected chi connectivity index (χ4v) is 3.32. The summed E-state index contributed by atoms with van der Waals surface area (Å²) in [7, 11) is 0. The second kappa shape index (κ2) is 6.63. The van der Waals surface area contributed by atoms with Crippen molar-refractivity contribution in [2.24, 2.45) is 0 Å². The number of nitrogens with one attached hydrogen (secondary N) is 1. The molecule has 1 fully saturated rings. The highest BCUT2D eigenvalue weighted by molar-refractivity contribution is 5.98. The molecule has 0 bridgehead atoms. The van der Waals surface area contributed by atoms with Crippen molar-refractivity contribution in [3.63, 3.8) is 0 Å². The number of piperazine rings is 1. The number of rotatable bonds is 2. The van der Waals surface area contributed by atoms with Crippen LogP contribution in [-0.4, -0.2) is 57.8 Å². The van der Waals surface area contributed by atoms with Crippen LogP contribution < -0.4 is 0 Å². The van der Waals surface area contributed by atoms with E-state index in [0.29, 0.717) is 37.3 Å². The van der Waals surface area contributed by atoms with Gasteiger partial charge in [-0.15, -0.1) is 0 Å². The minimum Gasteiger partial charge on any atom is -0.345 e. The lowest BCUT2D eigenvalue weighted by molar-refractivity contribution is 0.0535. The molecule has 26 heavy (non-hydrogen) atoms. The first-order valence-electron chi connectivity index (χ1n) is 8.70. The summed E-state index contributed by atoms with van der Waals surface area (Å²) in [4.78, 5) is 36.2. The van der Waals surface area contributed by atoms with E-state index >= 15 is 0 Å². The van der Waals surface area contributed by atoms with Crippen LogP contribution in [0.1, 0.15) is 26.3 Å². The van der Waals surface area contributed by atoms with Crippen LogP contribution >= 0.6 is 0 Å².